The molecular formula is C13H19N5. The fourth-order valence-electron chi connectivity index (χ4n) is 2.88. The van der Waals surface area contributed by atoms with E-state index in [1.54, 1.807) is 6.33 Å². The Labute approximate surface area is 107 Å². The van der Waals surface area contributed by atoms with Gasteiger partial charge in [-0.15, -0.1) is 0 Å². The van der Waals surface area contributed by atoms with Crippen molar-refractivity contribution in [2.45, 2.75) is 39.2 Å². The molecule has 0 bridgehead atoms. The molecule has 0 N–H and O–H groups in total. The van der Waals surface area contributed by atoms with Gasteiger partial charge in [-0.2, -0.15) is 5.10 Å². The second-order valence-corrected chi connectivity index (χ2v) is 5.14. The van der Waals surface area contributed by atoms with Crippen LogP contribution in [0.2, 0.25) is 0 Å². The molecule has 2 aromatic heterocycles. The van der Waals surface area contributed by atoms with Crippen LogP contribution in [0.5, 0.6) is 0 Å². The van der Waals surface area contributed by atoms with E-state index in [9.17, 15) is 0 Å². The van der Waals surface area contributed by atoms with Crippen molar-refractivity contribution >= 4 is 16.9 Å². The number of aromatic nitrogens is 4. The smallest absolute Gasteiger partial charge is 0.158 e. The molecule has 1 atom stereocenters. The van der Waals surface area contributed by atoms with Crippen LogP contribution in [0.25, 0.3) is 11.0 Å². The van der Waals surface area contributed by atoms with Crippen LogP contribution in [-0.2, 0) is 7.05 Å². The third-order valence-corrected chi connectivity index (χ3v) is 3.84. The van der Waals surface area contributed by atoms with Crippen molar-refractivity contribution in [1.82, 2.24) is 19.7 Å². The van der Waals surface area contributed by atoms with Gasteiger partial charge >= 0.3 is 0 Å². The Morgan fingerprint density at radius 1 is 1.28 bits per heavy atom. The molecule has 96 valence electrons. The quantitative estimate of drug-likeness (QED) is 0.771. The van der Waals surface area contributed by atoms with E-state index in [1.165, 1.54) is 19.3 Å². The lowest BCUT2D eigenvalue weighted by molar-refractivity contribution is 0.481. The summed E-state index contributed by atoms with van der Waals surface area (Å²) in [6, 6.07) is 0.548. The summed E-state index contributed by atoms with van der Waals surface area (Å²) in [7, 11) is 1.97. The summed E-state index contributed by atoms with van der Waals surface area (Å²) in [5, 5.41) is 4.46. The Bertz CT molecular complexity index is 574. The molecule has 5 heteroatoms. The first-order valence-corrected chi connectivity index (χ1v) is 6.59. The zero-order valence-corrected chi connectivity index (χ0v) is 11.2. The number of hydrogen-bond donors (Lipinski definition) is 0. The fraction of sp³-hybridized carbons (Fsp3) is 0.615. The van der Waals surface area contributed by atoms with Crippen LogP contribution >= 0.6 is 0 Å². The molecule has 0 spiro atoms. The third kappa shape index (κ3) is 1.65. The van der Waals surface area contributed by atoms with Crippen molar-refractivity contribution in [2.24, 2.45) is 7.05 Å². The Hall–Kier alpha value is -1.65. The van der Waals surface area contributed by atoms with E-state index in [0.29, 0.717) is 6.04 Å². The highest BCUT2D eigenvalue weighted by molar-refractivity contribution is 5.87. The molecule has 1 aliphatic rings. The van der Waals surface area contributed by atoms with Crippen molar-refractivity contribution in [3.05, 3.63) is 12.0 Å². The lowest BCUT2D eigenvalue weighted by Gasteiger charge is -2.34. The molecule has 18 heavy (non-hydrogen) atoms. The molecule has 0 amide bonds. The van der Waals surface area contributed by atoms with Crippen LogP contribution in [0, 0.1) is 6.92 Å². The average molecular weight is 245 g/mol. The lowest BCUT2D eigenvalue weighted by Crippen LogP contribution is -2.38. The molecule has 1 saturated heterocycles. The summed E-state index contributed by atoms with van der Waals surface area (Å²) in [4.78, 5) is 11.3. The summed E-state index contributed by atoms with van der Waals surface area (Å²) in [5.41, 5.74) is 3.00. The molecule has 1 fully saturated rings. The zero-order valence-electron chi connectivity index (χ0n) is 11.2. The molecule has 0 aromatic carbocycles. The van der Waals surface area contributed by atoms with Crippen LogP contribution in [-0.4, -0.2) is 32.3 Å². The maximum absolute atomic E-state index is 4.51. The Balaban J connectivity index is 2.16. The van der Waals surface area contributed by atoms with Crippen LogP contribution in [0.1, 0.15) is 31.9 Å². The number of fused-ring (bicyclic) bond motifs is 1. The predicted octanol–water partition coefficient (Wildman–Crippen LogP) is 2.05. The van der Waals surface area contributed by atoms with Gasteiger partial charge in [0, 0.05) is 19.6 Å². The van der Waals surface area contributed by atoms with Gasteiger partial charge in [0.2, 0.25) is 0 Å². The molecule has 1 aliphatic heterocycles. The van der Waals surface area contributed by atoms with Crippen molar-refractivity contribution in [1.29, 1.82) is 0 Å². The Morgan fingerprint density at radius 3 is 2.89 bits per heavy atom. The summed E-state index contributed by atoms with van der Waals surface area (Å²) in [6.07, 6.45) is 5.46. The van der Waals surface area contributed by atoms with Gasteiger partial charge in [0.25, 0.3) is 0 Å². The fourth-order valence-corrected chi connectivity index (χ4v) is 2.88. The molecule has 1 unspecified atom stereocenters. The molecular weight excluding hydrogens is 226 g/mol. The van der Waals surface area contributed by atoms with E-state index in [0.717, 1.165) is 29.1 Å². The summed E-state index contributed by atoms with van der Waals surface area (Å²) in [5.74, 6) is 1.04. The number of rotatable bonds is 1. The topological polar surface area (TPSA) is 46.8 Å². The number of hydrogen-bond acceptors (Lipinski definition) is 4. The van der Waals surface area contributed by atoms with Crippen LogP contribution in [0.3, 0.4) is 0 Å². The molecule has 3 heterocycles. The first-order chi connectivity index (χ1) is 8.68. The van der Waals surface area contributed by atoms with Gasteiger partial charge < -0.3 is 4.90 Å². The molecule has 5 nitrogen and oxygen atoms in total. The van der Waals surface area contributed by atoms with Gasteiger partial charge in [0.15, 0.2) is 5.82 Å². The summed E-state index contributed by atoms with van der Waals surface area (Å²) < 4.78 is 1.90. The zero-order chi connectivity index (χ0) is 12.7. The third-order valence-electron chi connectivity index (χ3n) is 3.84. The molecule has 2 aromatic rings. The van der Waals surface area contributed by atoms with E-state index in [4.69, 9.17) is 0 Å². The molecule has 3 rings (SSSR count). The largest absolute Gasteiger partial charge is 0.352 e. The van der Waals surface area contributed by atoms with Crippen LogP contribution in [0.4, 0.5) is 5.82 Å². The average Bonchev–Trinajstić information content (AvgIpc) is 2.66. The van der Waals surface area contributed by atoms with Crippen LogP contribution in [0.15, 0.2) is 6.33 Å². The number of nitrogens with zero attached hydrogens (tertiary/aromatic N) is 5. The van der Waals surface area contributed by atoms with Gasteiger partial charge in [0.05, 0.1) is 5.69 Å². The minimum atomic E-state index is 0.548. The van der Waals surface area contributed by atoms with E-state index < -0.39 is 0 Å². The van der Waals surface area contributed by atoms with Crippen LogP contribution < -0.4 is 4.90 Å². The summed E-state index contributed by atoms with van der Waals surface area (Å²) >= 11 is 0. The standard InChI is InChI=1S/C13H19N5/c1-9-6-4-5-7-18(9)13-12-11(14-8-15-13)10(2)16-17(12)3/h8-9H,4-7H2,1-3H3. The van der Waals surface area contributed by atoms with Crippen molar-refractivity contribution in [3.63, 3.8) is 0 Å². The first-order valence-electron chi connectivity index (χ1n) is 6.59. The van der Waals surface area contributed by atoms with E-state index in [2.05, 4.69) is 26.9 Å². The number of anilines is 1. The lowest BCUT2D eigenvalue weighted by atomic mass is 10.0. The SMILES string of the molecule is Cc1nn(C)c2c(N3CCCCC3C)ncnc12. The van der Waals surface area contributed by atoms with Gasteiger partial charge in [-0.25, -0.2) is 9.97 Å². The van der Waals surface area contributed by atoms with Crippen molar-refractivity contribution < 1.29 is 0 Å². The van der Waals surface area contributed by atoms with Gasteiger partial charge in [0.1, 0.15) is 17.4 Å². The highest BCUT2D eigenvalue weighted by Gasteiger charge is 2.23. The Kier molecular flexibility index (Phi) is 2.69. The minimum Gasteiger partial charge on any atom is -0.352 e. The van der Waals surface area contributed by atoms with Crippen molar-refractivity contribution in [3.8, 4) is 0 Å². The highest BCUT2D eigenvalue weighted by Crippen LogP contribution is 2.29. The second kappa shape index (κ2) is 4.23. The first kappa shape index (κ1) is 11.4. The predicted molar refractivity (Wildman–Crippen MR) is 71.7 cm³/mol. The van der Waals surface area contributed by atoms with E-state index in [1.807, 2.05) is 18.7 Å². The molecule has 0 saturated carbocycles. The summed E-state index contributed by atoms with van der Waals surface area (Å²) in [6.45, 7) is 5.35. The normalized spacial score (nSPS) is 20.6. The maximum atomic E-state index is 4.51. The molecule has 0 radical (unpaired) electrons. The highest BCUT2D eigenvalue weighted by atomic mass is 15.3. The minimum absolute atomic E-state index is 0.548. The van der Waals surface area contributed by atoms with Gasteiger partial charge in [-0.1, -0.05) is 0 Å². The van der Waals surface area contributed by atoms with Gasteiger partial charge in [-0.05, 0) is 33.1 Å². The van der Waals surface area contributed by atoms with Crippen molar-refractivity contribution in [2.75, 3.05) is 11.4 Å². The van der Waals surface area contributed by atoms with Gasteiger partial charge in [-0.3, -0.25) is 4.68 Å². The maximum Gasteiger partial charge on any atom is 0.158 e. The van der Waals surface area contributed by atoms with E-state index in [-0.39, 0.29) is 0 Å². The second-order valence-electron chi connectivity index (χ2n) is 5.14. The number of aryl methyl sites for hydroxylation is 2. The number of piperidine rings is 1. The molecule has 0 aliphatic carbocycles. The van der Waals surface area contributed by atoms with E-state index >= 15 is 0 Å². The monoisotopic (exact) mass is 245 g/mol. The Morgan fingerprint density at radius 2 is 2.11 bits per heavy atom.